The lowest BCUT2D eigenvalue weighted by atomic mass is 10.1. The molecule has 2 aromatic heterocycles. The van der Waals surface area contributed by atoms with E-state index in [2.05, 4.69) is 0 Å². The zero-order valence-corrected chi connectivity index (χ0v) is 22.4. The van der Waals surface area contributed by atoms with E-state index in [0.29, 0.717) is 39.9 Å². The number of benzene rings is 4. The molecule has 2 heterocycles. The number of hydrogen-bond acceptors (Lipinski definition) is 5. The average Bonchev–Trinajstić information content (AvgIpc) is 2.97. The Hall–Kier alpha value is -5.43. The number of aromatic hydroxyl groups is 2. The van der Waals surface area contributed by atoms with Gasteiger partial charge in [-0.3, -0.25) is 14.2 Å². The second kappa shape index (κ2) is 10.6. The third-order valence-electron chi connectivity index (χ3n) is 7.26. The van der Waals surface area contributed by atoms with Crippen LogP contribution in [0.5, 0.6) is 11.5 Å². The van der Waals surface area contributed by atoms with E-state index in [1.807, 2.05) is 55.5 Å². The molecular formula is C34H27N3O4. The molecule has 0 bridgehead atoms. The molecule has 0 amide bonds. The second-order valence-corrected chi connectivity index (χ2v) is 9.95. The second-order valence-electron chi connectivity index (χ2n) is 9.95. The van der Waals surface area contributed by atoms with Gasteiger partial charge in [0.25, 0.3) is 11.1 Å². The molecule has 202 valence electrons. The molecule has 0 radical (unpaired) electrons. The third kappa shape index (κ3) is 5.01. The molecule has 0 aliphatic carbocycles. The van der Waals surface area contributed by atoms with E-state index in [1.165, 1.54) is 4.57 Å². The SMILES string of the molecule is Cc1cc(=O)n(CCc2cc(-n3c(/C=C/c4ccccc4)nc4ccccc4c3=O)ccc2O)c2cc(O)ccc12. The van der Waals surface area contributed by atoms with Crippen molar-refractivity contribution in [2.45, 2.75) is 19.9 Å². The Kier molecular flexibility index (Phi) is 6.69. The monoisotopic (exact) mass is 541 g/mol. The van der Waals surface area contributed by atoms with Crippen LogP contribution in [0, 0.1) is 6.92 Å². The molecule has 0 saturated carbocycles. The summed E-state index contributed by atoms with van der Waals surface area (Å²) in [6.07, 6.45) is 4.03. The summed E-state index contributed by atoms with van der Waals surface area (Å²) in [7, 11) is 0. The summed E-state index contributed by atoms with van der Waals surface area (Å²) in [6, 6.07) is 28.5. The highest BCUT2D eigenvalue weighted by molar-refractivity contribution is 5.84. The highest BCUT2D eigenvalue weighted by Crippen LogP contribution is 2.25. The van der Waals surface area contributed by atoms with Crippen LogP contribution in [-0.4, -0.2) is 24.3 Å². The Balaban J connectivity index is 1.43. The quantitative estimate of drug-likeness (QED) is 0.276. The summed E-state index contributed by atoms with van der Waals surface area (Å²) >= 11 is 0. The van der Waals surface area contributed by atoms with Gasteiger partial charge < -0.3 is 14.8 Å². The van der Waals surface area contributed by atoms with Crippen molar-refractivity contribution in [2.24, 2.45) is 0 Å². The predicted molar refractivity (Wildman–Crippen MR) is 163 cm³/mol. The largest absolute Gasteiger partial charge is 0.508 e. The fourth-order valence-electron chi connectivity index (χ4n) is 5.16. The first-order valence-corrected chi connectivity index (χ1v) is 13.3. The van der Waals surface area contributed by atoms with Crippen LogP contribution in [0.15, 0.2) is 107 Å². The Morgan fingerprint density at radius 1 is 0.805 bits per heavy atom. The van der Waals surface area contributed by atoms with Gasteiger partial charge in [0.2, 0.25) is 0 Å². The molecule has 7 heteroatoms. The maximum atomic E-state index is 13.7. The number of hydrogen-bond donors (Lipinski definition) is 2. The summed E-state index contributed by atoms with van der Waals surface area (Å²) in [5.74, 6) is 0.579. The van der Waals surface area contributed by atoms with Gasteiger partial charge in [0.05, 0.1) is 22.1 Å². The lowest BCUT2D eigenvalue weighted by Crippen LogP contribution is -2.23. The van der Waals surface area contributed by atoms with E-state index in [9.17, 15) is 19.8 Å². The zero-order chi connectivity index (χ0) is 28.5. The Labute approximate surface area is 235 Å². The van der Waals surface area contributed by atoms with Crippen molar-refractivity contribution in [3.63, 3.8) is 0 Å². The molecule has 0 saturated heterocycles. The number of para-hydroxylation sites is 1. The van der Waals surface area contributed by atoms with E-state index < -0.39 is 0 Å². The van der Waals surface area contributed by atoms with Gasteiger partial charge in [-0.25, -0.2) is 4.98 Å². The molecule has 6 aromatic rings. The van der Waals surface area contributed by atoms with Gasteiger partial charge in [-0.15, -0.1) is 0 Å². The number of aromatic nitrogens is 3. The number of phenols is 2. The van der Waals surface area contributed by atoms with Crippen LogP contribution in [0.25, 0.3) is 39.6 Å². The Bertz CT molecular complexity index is 2080. The minimum atomic E-state index is -0.226. The lowest BCUT2D eigenvalue weighted by molar-refractivity contribution is 0.465. The van der Waals surface area contributed by atoms with E-state index in [-0.39, 0.29) is 29.2 Å². The number of nitrogens with zero attached hydrogens (tertiary/aromatic N) is 3. The van der Waals surface area contributed by atoms with Gasteiger partial charge >= 0.3 is 0 Å². The Morgan fingerprint density at radius 3 is 2.41 bits per heavy atom. The van der Waals surface area contributed by atoms with Crippen LogP contribution >= 0.6 is 0 Å². The fourth-order valence-corrected chi connectivity index (χ4v) is 5.16. The topological polar surface area (TPSA) is 97.4 Å². The van der Waals surface area contributed by atoms with Gasteiger partial charge in [-0.05, 0) is 78.6 Å². The zero-order valence-electron chi connectivity index (χ0n) is 22.4. The molecule has 6 rings (SSSR count). The van der Waals surface area contributed by atoms with E-state index in [4.69, 9.17) is 4.98 Å². The minimum absolute atomic E-state index is 0.0595. The van der Waals surface area contributed by atoms with Crippen molar-refractivity contribution < 1.29 is 10.2 Å². The van der Waals surface area contributed by atoms with Gasteiger partial charge in [0.15, 0.2) is 0 Å². The van der Waals surface area contributed by atoms with E-state index in [1.54, 1.807) is 65.2 Å². The summed E-state index contributed by atoms with van der Waals surface area (Å²) < 4.78 is 3.13. The molecule has 7 nitrogen and oxygen atoms in total. The number of rotatable bonds is 6. The van der Waals surface area contributed by atoms with Crippen molar-refractivity contribution >= 4 is 34.0 Å². The van der Waals surface area contributed by atoms with Gasteiger partial charge in [-0.1, -0.05) is 48.5 Å². The molecule has 0 atom stereocenters. The summed E-state index contributed by atoms with van der Waals surface area (Å²) in [4.78, 5) is 31.4. The average molecular weight is 542 g/mol. The molecule has 0 unspecified atom stereocenters. The highest BCUT2D eigenvalue weighted by Gasteiger charge is 2.14. The van der Waals surface area contributed by atoms with Crippen LogP contribution in [0.1, 0.15) is 22.5 Å². The van der Waals surface area contributed by atoms with Gasteiger partial charge in [0, 0.05) is 24.1 Å². The molecule has 4 aromatic carbocycles. The minimum Gasteiger partial charge on any atom is -0.508 e. The smallest absolute Gasteiger partial charge is 0.266 e. The molecule has 0 aliphatic rings. The first-order chi connectivity index (χ1) is 19.9. The predicted octanol–water partition coefficient (Wildman–Crippen LogP) is 5.83. The molecule has 2 N–H and O–H groups in total. The van der Waals surface area contributed by atoms with Crippen molar-refractivity contribution in [1.29, 1.82) is 0 Å². The molecule has 0 aliphatic heterocycles. The van der Waals surface area contributed by atoms with Crippen LogP contribution < -0.4 is 11.1 Å². The van der Waals surface area contributed by atoms with E-state index in [0.717, 1.165) is 16.5 Å². The number of fused-ring (bicyclic) bond motifs is 2. The van der Waals surface area contributed by atoms with Crippen molar-refractivity contribution in [3.05, 3.63) is 140 Å². The van der Waals surface area contributed by atoms with Crippen LogP contribution in [-0.2, 0) is 13.0 Å². The van der Waals surface area contributed by atoms with Crippen molar-refractivity contribution in [1.82, 2.24) is 14.1 Å². The first kappa shape index (κ1) is 25.8. The van der Waals surface area contributed by atoms with Gasteiger partial charge in [-0.2, -0.15) is 0 Å². The van der Waals surface area contributed by atoms with Crippen LogP contribution in [0.3, 0.4) is 0 Å². The maximum Gasteiger partial charge on any atom is 0.266 e. The highest BCUT2D eigenvalue weighted by atomic mass is 16.3. The van der Waals surface area contributed by atoms with Crippen molar-refractivity contribution in [3.8, 4) is 17.2 Å². The number of phenolic OH excluding ortho intramolecular Hbond substituents is 2. The van der Waals surface area contributed by atoms with E-state index >= 15 is 0 Å². The van der Waals surface area contributed by atoms with Gasteiger partial charge in [0.1, 0.15) is 17.3 Å². The van der Waals surface area contributed by atoms with Crippen molar-refractivity contribution in [2.75, 3.05) is 0 Å². The standard InChI is InChI=1S/C34H27N3O4/c1-22-19-33(40)36(30-21-26(38)13-14-27(22)30)18-17-24-20-25(12-15-31(24)39)37-32(16-11-23-7-3-2-4-8-23)35-29-10-6-5-9-28(29)34(37)41/h2-16,19-21,38-39H,17-18H2,1H3/b16-11+. The van der Waals surface area contributed by atoms with Crippen LogP contribution in [0.2, 0.25) is 0 Å². The molecular weight excluding hydrogens is 514 g/mol. The van der Waals surface area contributed by atoms with Crippen LogP contribution in [0.4, 0.5) is 0 Å². The summed E-state index contributed by atoms with van der Waals surface area (Å²) in [6.45, 7) is 2.13. The summed E-state index contributed by atoms with van der Waals surface area (Å²) in [5, 5.41) is 22.2. The molecule has 0 fully saturated rings. The summed E-state index contributed by atoms with van der Waals surface area (Å²) in [5.41, 5.74) is 3.70. The molecule has 41 heavy (non-hydrogen) atoms. The lowest BCUT2D eigenvalue weighted by Gasteiger charge is -2.15. The number of pyridine rings is 1. The third-order valence-corrected chi connectivity index (χ3v) is 7.26. The normalized spacial score (nSPS) is 11.5. The molecule has 0 spiro atoms. The first-order valence-electron chi connectivity index (χ1n) is 13.3. The number of aryl methyl sites for hydroxylation is 3. The fraction of sp³-hybridized carbons (Fsp3) is 0.0882. The Morgan fingerprint density at radius 2 is 1.59 bits per heavy atom. The maximum absolute atomic E-state index is 13.7.